The van der Waals surface area contributed by atoms with Gasteiger partial charge in [0.2, 0.25) is 0 Å². The number of rotatable bonds is 11. The maximum atomic E-state index is 10.2. The summed E-state index contributed by atoms with van der Waals surface area (Å²) in [4.78, 5) is 10.2. The van der Waals surface area contributed by atoms with Crippen LogP contribution < -0.4 is 0 Å². The second-order valence-electron chi connectivity index (χ2n) is 4.40. The Morgan fingerprint density at radius 2 is 1.58 bits per heavy atom. The molecule has 0 unspecified atom stereocenters. The first kappa shape index (κ1) is 15.7. The molecule has 1 N–H and O–H groups in total. The predicted molar refractivity (Wildman–Crippen MR) is 73.0 cm³/mol. The Morgan fingerprint density at radius 1 is 0.947 bits per heavy atom. The minimum atomic E-state index is -0.908. The zero-order valence-corrected chi connectivity index (χ0v) is 11.2. The van der Waals surface area contributed by atoms with E-state index in [-0.39, 0.29) is 6.61 Å². The van der Waals surface area contributed by atoms with E-state index in [4.69, 9.17) is 14.6 Å². The summed E-state index contributed by atoms with van der Waals surface area (Å²) < 4.78 is 10.5. The summed E-state index contributed by atoms with van der Waals surface area (Å²) in [5, 5.41) is 8.37. The van der Waals surface area contributed by atoms with Gasteiger partial charge in [-0.3, -0.25) is 0 Å². The topological polar surface area (TPSA) is 55.8 Å². The van der Waals surface area contributed by atoms with Gasteiger partial charge in [0.15, 0.2) is 0 Å². The zero-order valence-electron chi connectivity index (χ0n) is 11.2. The lowest BCUT2D eigenvalue weighted by Gasteiger charge is -2.04. The molecule has 0 aliphatic carbocycles. The maximum Gasteiger partial charge on any atom is 0.329 e. The van der Waals surface area contributed by atoms with E-state index >= 15 is 0 Å². The number of aliphatic carboxylic acids is 1. The first-order valence-electron chi connectivity index (χ1n) is 6.70. The number of carboxylic acid groups (broad SMARTS) is 1. The second kappa shape index (κ2) is 10.5. The third-order valence-electron chi connectivity index (χ3n) is 2.66. The highest BCUT2D eigenvalue weighted by Crippen LogP contribution is 2.04. The van der Waals surface area contributed by atoms with Gasteiger partial charge in [-0.15, -0.1) is 0 Å². The van der Waals surface area contributed by atoms with Crippen LogP contribution in [-0.4, -0.2) is 30.9 Å². The van der Waals surface area contributed by atoms with Gasteiger partial charge in [0.25, 0.3) is 0 Å². The van der Waals surface area contributed by atoms with Crippen molar-refractivity contribution in [3.8, 4) is 0 Å². The first-order chi connectivity index (χ1) is 9.29. The highest BCUT2D eigenvalue weighted by Gasteiger charge is 1.96. The standard InChI is InChI=1S/C15H22O4/c16-15(17)13-19-11-7-2-1-6-10-18-12-14-8-4-3-5-9-14/h3-5,8-9H,1-2,6-7,10-13H2,(H,16,17). The van der Waals surface area contributed by atoms with Gasteiger partial charge in [-0.25, -0.2) is 4.79 Å². The third-order valence-corrected chi connectivity index (χ3v) is 2.66. The van der Waals surface area contributed by atoms with Gasteiger partial charge in [-0.2, -0.15) is 0 Å². The predicted octanol–water partition coefficient (Wildman–Crippen LogP) is 2.86. The number of hydrogen-bond donors (Lipinski definition) is 1. The van der Waals surface area contributed by atoms with Gasteiger partial charge in [-0.05, 0) is 18.4 Å². The molecule has 0 spiro atoms. The zero-order chi connectivity index (χ0) is 13.8. The minimum Gasteiger partial charge on any atom is -0.480 e. The number of ether oxygens (including phenoxy) is 2. The van der Waals surface area contributed by atoms with Crippen molar-refractivity contribution < 1.29 is 19.4 Å². The first-order valence-corrected chi connectivity index (χ1v) is 6.70. The molecule has 0 bridgehead atoms. The fourth-order valence-electron chi connectivity index (χ4n) is 1.69. The third kappa shape index (κ3) is 9.22. The van der Waals surface area contributed by atoms with Crippen molar-refractivity contribution in [3.05, 3.63) is 35.9 Å². The fraction of sp³-hybridized carbons (Fsp3) is 0.533. The van der Waals surface area contributed by atoms with Crippen LogP contribution in [0.3, 0.4) is 0 Å². The normalized spacial score (nSPS) is 10.5. The summed E-state index contributed by atoms with van der Waals surface area (Å²) in [5.41, 5.74) is 1.20. The number of carbonyl (C=O) groups is 1. The molecule has 0 aromatic heterocycles. The van der Waals surface area contributed by atoms with Crippen molar-refractivity contribution in [1.82, 2.24) is 0 Å². The van der Waals surface area contributed by atoms with Crippen LogP contribution in [0.2, 0.25) is 0 Å². The molecule has 0 radical (unpaired) electrons. The summed E-state index contributed by atoms with van der Waals surface area (Å²) in [7, 11) is 0. The van der Waals surface area contributed by atoms with Crippen LogP contribution >= 0.6 is 0 Å². The number of hydrogen-bond acceptors (Lipinski definition) is 3. The van der Waals surface area contributed by atoms with Crippen LogP contribution in [0.4, 0.5) is 0 Å². The van der Waals surface area contributed by atoms with Crippen LogP contribution in [0.15, 0.2) is 30.3 Å². The SMILES string of the molecule is O=C(O)COCCCCCCOCc1ccccc1. The lowest BCUT2D eigenvalue weighted by atomic mass is 10.2. The van der Waals surface area contributed by atoms with Crippen LogP contribution in [-0.2, 0) is 20.9 Å². The lowest BCUT2D eigenvalue weighted by Crippen LogP contribution is -2.07. The molecule has 0 saturated heterocycles. The molecule has 19 heavy (non-hydrogen) atoms. The molecular formula is C15H22O4. The van der Waals surface area contributed by atoms with Crippen LogP contribution in [0, 0.1) is 0 Å². The molecule has 4 heteroatoms. The fourth-order valence-corrected chi connectivity index (χ4v) is 1.69. The van der Waals surface area contributed by atoms with E-state index in [9.17, 15) is 4.79 Å². The summed E-state index contributed by atoms with van der Waals surface area (Å²) in [6.07, 6.45) is 4.08. The monoisotopic (exact) mass is 266 g/mol. The van der Waals surface area contributed by atoms with Gasteiger partial charge in [0.05, 0.1) is 6.61 Å². The Labute approximate surface area is 114 Å². The van der Waals surface area contributed by atoms with Crippen LogP contribution in [0.25, 0.3) is 0 Å². The number of carboxylic acids is 1. The van der Waals surface area contributed by atoms with E-state index in [1.807, 2.05) is 18.2 Å². The van der Waals surface area contributed by atoms with E-state index in [0.29, 0.717) is 13.2 Å². The number of unbranched alkanes of at least 4 members (excludes halogenated alkanes) is 3. The maximum absolute atomic E-state index is 10.2. The van der Waals surface area contributed by atoms with E-state index in [1.165, 1.54) is 5.56 Å². The summed E-state index contributed by atoms with van der Waals surface area (Å²) in [5.74, 6) is -0.908. The van der Waals surface area contributed by atoms with Crippen molar-refractivity contribution >= 4 is 5.97 Å². The Hall–Kier alpha value is -1.39. The molecule has 1 aromatic rings. The second-order valence-corrected chi connectivity index (χ2v) is 4.40. The number of benzene rings is 1. The quantitative estimate of drug-likeness (QED) is 0.626. The summed E-state index contributed by atoms with van der Waals surface area (Å²) >= 11 is 0. The Bertz CT molecular complexity index is 337. The van der Waals surface area contributed by atoms with E-state index in [0.717, 1.165) is 32.3 Å². The molecule has 106 valence electrons. The highest BCUT2D eigenvalue weighted by atomic mass is 16.5. The van der Waals surface area contributed by atoms with Crippen molar-refractivity contribution in [2.75, 3.05) is 19.8 Å². The van der Waals surface area contributed by atoms with Gasteiger partial charge in [0.1, 0.15) is 6.61 Å². The smallest absolute Gasteiger partial charge is 0.329 e. The highest BCUT2D eigenvalue weighted by molar-refractivity contribution is 5.67. The summed E-state index contributed by atoms with van der Waals surface area (Å²) in [6, 6.07) is 10.1. The van der Waals surface area contributed by atoms with Gasteiger partial charge in [-0.1, -0.05) is 43.2 Å². The van der Waals surface area contributed by atoms with E-state index < -0.39 is 5.97 Å². The van der Waals surface area contributed by atoms with Crippen molar-refractivity contribution in [1.29, 1.82) is 0 Å². The average Bonchev–Trinajstić information content (AvgIpc) is 2.42. The Morgan fingerprint density at radius 3 is 2.21 bits per heavy atom. The molecule has 0 atom stereocenters. The molecule has 0 fully saturated rings. The molecule has 4 nitrogen and oxygen atoms in total. The minimum absolute atomic E-state index is 0.194. The molecule has 0 heterocycles. The average molecular weight is 266 g/mol. The van der Waals surface area contributed by atoms with Crippen LogP contribution in [0.5, 0.6) is 0 Å². The molecule has 1 aromatic carbocycles. The van der Waals surface area contributed by atoms with Crippen LogP contribution in [0.1, 0.15) is 31.2 Å². The molecule has 0 aliphatic rings. The van der Waals surface area contributed by atoms with E-state index in [1.54, 1.807) is 0 Å². The molecule has 0 aliphatic heterocycles. The van der Waals surface area contributed by atoms with Gasteiger partial charge >= 0.3 is 5.97 Å². The van der Waals surface area contributed by atoms with E-state index in [2.05, 4.69) is 12.1 Å². The van der Waals surface area contributed by atoms with Crippen molar-refractivity contribution in [2.45, 2.75) is 32.3 Å². The Balaban J connectivity index is 1.83. The largest absolute Gasteiger partial charge is 0.480 e. The van der Waals surface area contributed by atoms with Crippen molar-refractivity contribution in [2.24, 2.45) is 0 Å². The molecule has 0 amide bonds. The Kier molecular flexibility index (Phi) is 8.68. The van der Waals surface area contributed by atoms with Gasteiger partial charge < -0.3 is 14.6 Å². The molecular weight excluding hydrogens is 244 g/mol. The van der Waals surface area contributed by atoms with Crippen molar-refractivity contribution in [3.63, 3.8) is 0 Å². The van der Waals surface area contributed by atoms with Gasteiger partial charge in [0, 0.05) is 13.2 Å². The summed E-state index contributed by atoms with van der Waals surface area (Å²) in [6.45, 7) is 1.77. The lowest BCUT2D eigenvalue weighted by molar-refractivity contribution is -0.142. The molecule has 0 saturated carbocycles. The molecule has 1 rings (SSSR count).